The van der Waals surface area contributed by atoms with Crippen molar-refractivity contribution in [2.24, 2.45) is 0 Å². The van der Waals surface area contributed by atoms with Gasteiger partial charge in [0.25, 0.3) is 0 Å². The van der Waals surface area contributed by atoms with Gasteiger partial charge in [0.1, 0.15) is 11.5 Å². The average molecular weight is 408 g/mol. The van der Waals surface area contributed by atoms with E-state index in [-0.39, 0.29) is 0 Å². The van der Waals surface area contributed by atoms with Crippen LogP contribution in [0.5, 0.6) is 0 Å². The monoisotopic (exact) mass is 407 g/mol. The molecule has 0 aliphatic carbocycles. The quantitative estimate of drug-likeness (QED) is 0.419. The Morgan fingerprint density at radius 2 is 1.85 bits per heavy atom. The van der Waals surface area contributed by atoms with Crippen LogP contribution in [-0.2, 0) is 4.74 Å². The van der Waals surface area contributed by atoms with Crippen molar-refractivity contribution in [2.45, 2.75) is 0 Å². The summed E-state index contributed by atoms with van der Waals surface area (Å²) < 4.78 is 11.6. The number of esters is 1. The number of nitriles is 1. The van der Waals surface area contributed by atoms with Crippen LogP contribution in [0, 0.1) is 11.3 Å². The van der Waals surface area contributed by atoms with Crippen molar-refractivity contribution >= 4 is 33.5 Å². The second-order valence-corrected chi connectivity index (χ2v) is 6.33. The lowest BCUT2D eigenvalue weighted by atomic mass is 10.1. The zero-order valence-corrected chi connectivity index (χ0v) is 15.5. The molecule has 5 heteroatoms. The van der Waals surface area contributed by atoms with Crippen LogP contribution in [0.1, 0.15) is 21.7 Å². The lowest BCUT2D eigenvalue weighted by Crippen LogP contribution is -2.02. The van der Waals surface area contributed by atoms with Crippen molar-refractivity contribution in [1.82, 2.24) is 0 Å². The molecule has 0 N–H and O–H groups in total. The number of carbonyl (C=O) groups is 1. The highest BCUT2D eigenvalue weighted by Crippen LogP contribution is 2.28. The van der Waals surface area contributed by atoms with E-state index in [1.165, 1.54) is 7.11 Å². The van der Waals surface area contributed by atoms with Crippen LogP contribution in [0.2, 0.25) is 0 Å². The second kappa shape index (κ2) is 7.85. The largest absolute Gasteiger partial charge is 0.465 e. The highest BCUT2D eigenvalue weighted by Gasteiger charge is 2.15. The third kappa shape index (κ3) is 3.76. The number of hydrogen-bond acceptors (Lipinski definition) is 4. The third-order valence-corrected chi connectivity index (χ3v) is 4.32. The summed E-state index contributed by atoms with van der Waals surface area (Å²) in [4.78, 5) is 11.9. The summed E-state index contributed by atoms with van der Waals surface area (Å²) in [6.07, 6.45) is 1.67. The van der Waals surface area contributed by atoms with E-state index in [9.17, 15) is 10.1 Å². The van der Waals surface area contributed by atoms with E-state index in [4.69, 9.17) is 9.15 Å². The molecule has 0 aliphatic rings. The molecular weight excluding hydrogens is 394 g/mol. The number of halogens is 1. The third-order valence-electron chi connectivity index (χ3n) is 3.79. The Hall–Kier alpha value is -3.10. The minimum atomic E-state index is -0.429. The minimum Gasteiger partial charge on any atom is -0.465 e. The summed E-state index contributed by atoms with van der Waals surface area (Å²) in [5, 5.41) is 9.45. The van der Waals surface area contributed by atoms with Crippen LogP contribution >= 0.6 is 15.9 Å². The van der Waals surface area contributed by atoms with Crippen molar-refractivity contribution in [3.05, 3.63) is 82.0 Å². The highest BCUT2D eigenvalue weighted by molar-refractivity contribution is 9.10. The zero-order valence-electron chi connectivity index (χ0n) is 13.9. The number of methoxy groups -OCH3 is 1. The van der Waals surface area contributed by atoms with Gasteiger partial charge >= 0.3 is 5.97 Å². The van der Waals surface area contributed by atoms with E-state index in [0.717, 1.165) is 10.0 Å². The van der Waals surface area contributed by atoms with Crippen molar-refractivity contribution < 1.29 is 13.9 Å². The predicted molar refractivity (Wildman–Crippen MR) is 103 cm³/mol. The molecule has 26 heavy (non-hydrogen) atoms. The fraction of sp³-hybridized carbons (Fsp3) is 0.0476. The fourth-order valence-electron chi connectivity index (χ4n) is 2.51. The van der Waals surface area contributed by atoms with E-state index in [0.29, 0.717) is 28.2 Å². The van der Waals surface area contributed by atoms with Gasteiger partial charge in [-0.1, -0.05) is 46.3 Å². The molecule has 0 unspecified atom stereocenters. The number of carbonyl (C=O) groups excluding carboxylic acids is 1. The molecule has 1 heterocycles. The number of rotatable bonds is 4. The molecule has 0 amide bonds. The van der Waals surface area contributed by atoms with Gasteiger partial charge < -0.3 is 9.15 Å². The number of hydrogen-bond donors (Lipinski definition) is 0. The molecule has 0 spiro atoms. The van der Waals surface area contributed by atoms with Gasteiger partial charge in [-0.25, -0.2) is 4.79 Å². The molecule has 3 aromatic rings. The normalized spacial score (nSPS) is 11.0. The van der Waals surface area contributed by atoms with Crippen LogP contribution in [-0.4, -0.2) is 13.1 Å². The maximum absolute atomic E-state index is 11.9. The van der Waals surface area contributed by atoms with Gasteiger partial charge in [0, 0.05) is 10.0 Å². The average Bonchev–Trinajstić information content (AvgIpc) is 3.15. The number of benzene rings is 2. The molecule has 1 aromatic heterocycles. The molecule has 2 aromatic carbocycles. The Morgan fingerprint density at radius 1 is 1.12 bits per heavy atom. The predicted octanol–water partition coefficient (Wildman–Crippen LogP) is 5.56. The van der Waals surface area contributed by atoms with E-state index in [2.05, 4.69) is 22.0 Å². The first-order chi connectivity index (χ1) is 12.6. The molecular formula is C21H14BrNO3. The molecule has 0 saturated heterocycles. The van der Waals surface area contributed by atoms with Crippen molar-refractivity contribution in [2.75, 3.05) is 7.11 Å². The zero-order chi connectivity index (χ0) is 18.5. The first-order valence-corrected chi connectivity index (χ1v) is 8.57. The number of nitrogens with zero attached hydrogens (tertiary/aromatic N) is 1. The van der Waals surface area contributed by atoms with Crippen LogP contribution in [0.15, 0.2) is 69.6 Å². The maximum Gasteiger partial charge on any atom is 0.338 e. The van der Waals surface area contributed by atoms with Crippen LogP contribution < -0.4 is 0 Å². The van der Waals surface area contributed by atoms with E-state index < -0.39 is 5.97 Å². The van der Waals surface area contributed by atoms with E-state index in [1.807, 2.05) is 30.3 Å². The molecule has 0 atom stereocenters. The van der Waals surface area contributed by atoms with E-state index in [1.54, 1.807) is 36.4 Å². The first-order valence-electron chi connectivity index (χ1n) is 7.77. The molecule has 0 aliphatic heterocycles. The number of ether oxygens (including phenoxy) is 1. The van der Waals surface area contributed by atoms with Crippen LogP contribution in [0.3, 0.4) is 0 Å². The second-order valence-electron chi connectivity index (χ2n) is 5.42. The fourth-order valence-corrected chi connectivity index (χ4v) is 2.78. The van der Waals surface area contributed by atoms with Gasteiger partial charge in [-0.05, 0) is 42.0 Å². The van der Waals surface area contributed by atoms with Gasteiger partial charge in [0.15, 0.2) is 0 Å². The van der Waals surface area contributed by atoms with Crippen molar-refractivity contribution in [3.8, 4) is 17.4 Å². The number of allylic oxidation sites excluding steroid dienone is 1. The van der Waals surface area contributed by atoms with Gasteiger partial charge in [-0.3, -0.25) is 0 Å². The summed E-state index contributed by atoms with van der Waals surface area (Å²) >= 11 is 3.38. The minimum absolute atomic E-state index is 0.424. The molecule has 3 rings (SSSR count). The lowest BCUT2D eigenvalue weighted by Gasteiger charge is -2.04. The van der Waals surface area contributed by atoms with E-state index >= 15 is 0 Å². The Kier molecular flexibility index (Phi) is 5.35. The molecule has 0 radical (unpaired) electrons. The Balaban J connectivity index is 1.97. The van der Waals surface area contributed by atoms with Crippen LogP contribution in [0.25, 0.3) is 23.0 Å². The van der Waals surface area contributed by atoms with Gasteiger partial charge in [0.2, 0.25) is 0 Å². The first kappa shape index (κ1) is 17.7. The maximum atomic E-state index is 11.9. The standard InChI is InChI=1S/C21H14BrNO3/c1-25-21(24)19-5-3-2-4-18(19)20-11-10-17(26-20)12-15(13-23)14-6-8-16(22)9-7-14/h2-12H,1H3/b15-12-. The van der Waals surface area contributed by atoms with Gasteiger partial charge in [0.05, 0.1) is 24.3 Å². The molecule has 0 fully saturated rings. The Labute approximate surface area is 159 Å². The van der Waals surface area contributed by atoms with Crippen molar-refractivity contribution in [3.63, 3.8) is 0 Å². The molecule has 128 valence electrons. The van der Waals surface area contributed by atoms with Gasteiger partial charge in [-0.2, -0.15) is 5.26 Å². The van der Waals surface area contributed by atoms with Crippen molar-refractivity contribution in [1.29, 1.82) is 5.26 Å². The highest BCUT2D eigenvalue weighted by atomic mass is 79.9. The topological polar surface area (TPSA) is 63.2 Å². The molecule has 0 bridgehead atoms. The lowest BCUT2D eigenvalue weighted by molar-refractivity contribution is 0.0601. The Bertz CT molecular complexity index is 1010. The summed E-state index contributed by atoms with van der Waals surface area (Å²) in [6, 6.07) is 20.2. The Morgan fingerprint density at radius 3 is 2.54 bits per heavy atom. The molecule has 0 saturated carbocycles. The summed E-state index contributed by atoms with van der Waals surface area (Å²) in [7, 11) is 1.34. The van der Waals surface area contributed by atoms with Crippen LogP contribution in [0.4, 0.5) is 0 Å². The smallest absolute Gasteiger partial charge is 0.338 e. The van der Waals surface area contributed by atoms with Gasteiger partial charge in [-0.15, -0.1) is 0 Å². The summed E-state index contributed by atoms with van der Waals surface area (Å²) in [6.45, 7) is 0. The number of furan rings is 1. The summed E-state index contributed by atoms with van der Waals surface area (Å²) in [5.74, 6) is 0.631. The summed E-state index contributed by atoms with van der Waals surface area (Å²) in [5.41, 5.74) is 2.35. The SMILES string of the molecule is COC(=O)c1ccccc1-c1ccc(/C=C(/C#N)c2ccc(Br)cc2)o1. The molecule has 4 nitrogen and oxygen atoms in total.